The van der Waals surface area contributed by atoms with Crippen LogP contribution in [0.1, 0.15) is 23.2 Å². The summed E-state index contributed by atoms with van der Waals surface area (Å²) in [6, 6.07) is 15.3. The van der Waals surface area contributed by atoms with Crippen LogP contribution in [0, 0.1) is 0 Å². The first kappa shape index (κ1) is 18.9. The third-order valence-corrected chi connectivity index (χ3v) is 5.87. The Morgan fingerprint density at radius 2 is 2.07 bits per heavy atom. The number of thioether (sulfide) groups is 1. The number of aromatic nitrogens is 2. The second kappa shape index (κ2) is 8.29. The molecule has 5 nitrogen and oxygen atoms in total. The minimum atomic E-state index is -0.0290. The molecule has 1 amide bonds. The van der Waals surface area contributed by atoms with Crippen LogP contribution >= 0.6 is 23.4 Å². The summed E-state index contributed by atoms with van der Waals surface area (Å²) in [6.07, 6.45) is 1.06. The standard InChI is InChI=1S/C21H20ClN3O2S/c1-27-17-8-5-14(6-9-17)7-10-20(26)23-21-18-12-28-13-19(18)24-25(21)16-4-2-3-15(22)11-16/h2-6,8-9,11H,7,10,12-13H2,1H3,(H,23,26). The molecule has 2 aromatic carbocycles. The monoisotopic (exact) mass is 413 g/mol. The SMILES string of the molecule is COc1ccc(CCC(=O)Nc2c3c(nn2-c2cccc(Cl)c2)CSC3)cc1. The molecule has 1 aromatic heterocycles. The number of fused-ring (bicyclic) bond motifs is 1. The highest BCUT2D eigenvalue weighted by Crippen LogP contribution is 2.36. The van der Waals surface area contributed by atoms with Gasteiger partial charge in [0, 0.05) is 28.5 Å². The van der Waals surface area contributed by atoms with Crippen molar-refractivity contribution in [2.75, 3.05) is 12.4 Å². The van der Waals surface area contributed by atoms with E-state index < -0.39 is 0 Å². The van der Waals surface area contributed by atoms with Crippen LogP contribution in [0.15, 0.2) is 48.5 Å². The number of methoxy groups -OCH3 is 1. The highest BCUT2D eigenvalue weighted by atomic mass is 35.5. The van der Waals surface area contributed by atoms with Crippen LogP contribution in [0.4, 0.5) is 5.82 Å². The van der Waals surface area contributed by atoms with Crippen LogP contribution in [-0.4, -0.2) is 22.8 Å². The zero-order valence-electron chi connectivity index (χ0n) is 15.4. The Balaban J connectivity index is 1.51. The van der Waals surface area contributed by atoms with E-state index in [-0.39, 0.29) is 5.91 Å². The van der Waals surface area contributed by atoms with Gasteiger partial charge in [0.25, 0.3) is 0 Å². The number of nitrogens with zero attached hydrogens (tertiary/aromatic N) is 2. The van der Waals surface area contributed by atoms with Gasteiger partial charge in [0.15, 0.2) is 0 Å². The van der Waals surface area contributed by atoms with Crippen molar-refractivity contribution in [3.05, 3.63) is 70.4 Å². The van der Waals surface area contributed by atoms with Crippen molar-refractivity contribution in [3.63, 3.8) is 0 Å². The molecule has 0 spiro atoms. The molecule has 0 fully saturated rings. The van der Waals surface area contributed by atoms with Gasteiger partial charge in [-0.05, 0) is 42.3 Å². The molecule has 144 valence electrons. The normalized spacial score (nSPS) is 12.6. The van der Waals surface area contributed by atoms with E-state index in [0.29, 0.717) is 17.9 Å². The summed E-state index contributed by atoms with van der Waals surface area (Å²) in [4.78, 5) is 12.6. The van der Waals surface area contributed by atoms with E-state index >= 15 is 0 Å². The van der Waals surface area contributed by atoms with Crippen molar-refractivity contribution in [2.24, 2.45) is 0 Å². The fourth-order valence-corrected chi connectivity index (χ4v) is 4.40. The molecule has 7 heteroatoms. The molecule has 2 heterocycles. The van der Waals surface area contributed by atoms with Crippen molar-refractivity contribution in [3.8, 4) is 11.4 Å². The number of hydrogen-bond donors (Lipinski definition) is 1. The van der Waals surface area contributed by atoms with E-state index in [1.807, 2.05) is 48.5 Å². The highest BCUT2D eigenvalue weighted by molar-refractivity contribution is 7.98. The Bertz CT molecular complexity index is 1000. The number of rotatable bonds is 6. The Labute approximate surface area is 173 Å². The Morgan fingerprint density at radius 3 is 2.82 bits per heavy atom. The predicted octanol–water partition coefficient (Wildman–Crippen LogP) is 4.85. The molecule has 1 aliphatic rings. The summed E-state index contributed by atoms with van der Waals surface area (Å²) in [5.74, 6) is 3.24. The third-order valence-electron chi connectivity index (χ3n) is 4.66. The lowest BCUT2D eigenvalue weighted by Gasteiger charge is -2.11. The first-order valence-electron chi connectivity index (χ1n) is 9.01. The molecule has 0 bridgehead atoms. The van der Waals surface area contributed by atoms with E-state index in [2.05, 4.69) is 5.32 Å². The minimum absolute atomic E-state index is 0.0290. The number of anilines is 1. The van der Waals surface area contributed by atoms with E-state index in [4.69, 9.17) is 21.4 Å². The summed E-state index contributed by atoms with van der Waals surface area (Å²) in [6.45, 7) is 0. The minimum Gasteiger partial charge on any atom is -0.497 e. The maximum atomic E-state index is 12.6. The molecule has 1 aliphatic heterocycles. The highest BCUT2D eigenvalue weighted by Gasteiger charge is 2.24. The number of amides is 1. The van der Waals surface area contributed by atoms with Gasteiger partial charge in [-0.25, -0.2) is 4.68 Å². The summed E-state index contributed by atoms with van der Waals surface area (Å²) in [5.41, 5.74) is 4.07. The lowest BCUT2D eigenvalue weighted by Crippen LogP contribution is -2.16. The molecule has 0 saturated heterocycles. The van der Waals surface area contributed by atoms with Gasteiger partial charge < -0.3 is 10.1 Å². The molecule has 0 saturated carbocycles. The molecule has 3 aromatic rings. The number of nitrogens with one attached hydrogen (secondary N) is 1. The molecular formula is C21H20ClN3O2S. The number of carbonyl (C=O) groups excluding carboxylic acids is 1. The summed E-state index contributed by atoms with van der Waals surface area (Å²) in [5, 5.41) is 8.42. The van der Waals surface area contributed by atoms with Crippen LogP contribution < -0.4 is 10.1 Å². The van der Waals surface area contributed by atoms with Crippen LogP contribution in [-0.2, 0) is 22.7 Å². The fraction of sp³-hybridized carbons (Fsp3) is 0.238. The summed E-state index contributed by atoms with van der Waals surface area (Å²) >= 11 is 7.95. The number of ether oxygens (including phenoxy) is 1. The largest absolute Gasteiger partial charge is 0.497 e. The number of aryl methyl sites for hydroxylation is 1. The van der Waals surface area contributed by atoms with Gasteiger partial charge in [0.1, 0.15) is 11.6 Å². The van der Waals surface area contributed by atoms with E-state index in [1.165, 1.54) is 0 Å². The van der Waals surface area contributed by atoms with E-state index in [9.17, 15) is 4.79 Å². The second-order valence-corrected chi connectivity index (χ2v) is 7.98. The van der Waals surface area contributed by atoms with E-state index in [0.717, 1.165) is 45.6 Å². The van der Waals surface area contributed by atoms with Gasteiger partial charge >= 0.3 is 0 Å². The van der Waals surface area contributed by atoms with Gasteiger partial charge in [0.2, 0.25) is 5.91 Å². The van der Waals surface area contributed by atoms with Crippen molar-refractivity contribution < 1.29 is 9.53 Å². The fourth-order valence-electron chi connectivity index (χ4n) is 3.18. The number of benzene rings is 2. The average Bonchev–Trinajstić information content (AvgIpc) is 3.29. The van der Waals surface area contributed by atoms with Crippen molar-refractivity contribution in [1.29, 1.82) is 0 Å². The first-order chi connectivity index (χ1) is 13.6. The molecule has 0 atom stereocenters. The van der Waals surface area contributed by atoms with Crippen LogP contribution in [0.25, 0.3) is 5.69 Å². The maximum Gasteiger partial charge on any atom is 0.225 e. The molecular weight excluding hydrogens is 394 g/mol. The number of halogens is 1. The quantitative estimate of drug-likeness (QED) is 0.627. The van der Waals surface area contributed by atoms with Gasteiger partial charge in [0.05, 0.1) is 18.5 Å². The first-order valence-corrected chi connectivity index (χ1v) is 10.5. The molecule has 4 rings (SSSR count). The molecule has 0 radical (unpaired) electrons. The second-order valence-electron chi connectivity index (χ2n) is 6.55. The van der Waals surface area contributed by atoms with Crippen LogP contribution in [0.2, 0.25) is 5.02 Å². The Kier molecular flexibility index (Phi) is 5.59. The maximum absolute atomic E-state index is 12.6. The zero-order chi connectivity index (χ0) is 19.5. The molecule has 1 N–H and O–H groups in total. The van der Waals surface area contributed by atoms with Crippen LogP contribution in [0.5, 0.6) is 5.75 Å². The van der Waals surface area contributed by atoms with E-state index in [1.54, 1.807) is 23.6 Å². The number of carbonyl (C=O) groups is 1. The van der Waals surface area contributed by atoms with Crippen molar-refractivity contribution in [1.82, 2.24) is 9.78 Å². The molecule has 28 heavy (non-hydrogen) atoms. The topological polar surface area (TPSA) is 56.1 Å². The zero-order valence-corrected chi connectivity index (χ0v) is 17.0. The summed E-state index contributed by atoms with van der Waals surface area (Å²) in [7, 11) is 1.64. The Morgan fingerprint density at radius 1 is 1.25 bits per heavy atom. The van der Waals surface area contributed by atoms with Gasteiger partial charge in [-0.2, -0.15) is 16.9 Å². The lowest BCUT2D eigenvalue weighted by atomic mass is 10.1. The average molecular weight is 414 g/mol. The number of hydrogen-bond acceptors (Lipinski definition) is 4. The summed E-state index contributed by atoms with van der Waals surface area (Å²) < 4.78 is 6.96. The molecule has 0 unspecified atom stereocenters. The molecule has 0 aliphatic carbocycles. The smallest absolute Gasteiger partial charge is 0.225 e. The van der Waals surface area contributed by atoms with Gasteiger partial charge in [-0.15, -0.1) is 0 Å². The third kappa shape index (κ3) is 4.03. The van der Waals surface area contributed by atoms with Gasteiger partial charge in [-0.1, -0.05) is 29.8 Å². The Hall–Kier alpha value is -2.44. The van der Waals surface area contributed by atoms with Crippen LogP contribution in [0.3, 0.4) is 0 Å². The van der Waals surface area contributed by atoms with Crippen molar-refractivity contribution in [2.45, 2.75) is 24.3 Å². The lowest BCUT2D eigenvalue weighted by molar-refractivity contribution is -0.116. The van der Waals surface area contributed by atoms with Gasteiger partial charge in [-0.3, -0.25) is 4.79 Å². The van der Waals surface area contributed by atoms with Crippen molar-refractivity contribution >= 4 is 35.1 Å². The predicted molar refractivity (Wildman–Crippen MR) is 114 cm³/mol.